The molecule has 2 unspecified atom stereocenters. The van der Waals surface area contributed by atoms with Gasteiger partial charge in [-0.3, -0.25) is 4.79 Å². The second kappa shape index (κ2) is 6.88. The van der Waals surface area contributed by atoms with Crippen LogP contribution in [0, 0.1) is 0 Å². The van der Waals surface area contributed by atoms with Crippen LogP contribution in [-0.4, -0.2) is 47.2 Å². The summed E-state index contributed by atoms with van der Waals surface area (Å²) in [5.41, 5.74) is -0.829. The third-order valence-corrected chi connectivity index (χ3v) is 4.59. The van der Waals surface area contributed by atoms with E-state index in [2.05, 4.69) is 4.98 Å². The van der Waals surface area contributed by atoms with Gasteiger partial charge in [0.05, 0.1) is 18.7 Å². The molecule has 0 spiro atoms. The predicted molar refractivity (Wildman–Crippen MR) is 91.2 cm³/mol. The highest BCUT2D eigenvalue weighted by atomic mass is 19.4. The number of halogens is 3. The normalized spacial score (nSPS) is 21.8. The van der Waals surface area contributed by atoms with E-state index in [0.717, 1.165) is 18.3 Å². The maximum absolute atomic E-state index is 12.8. The summed E-state index contributed by atoms with van der Waals surface area (Å²) in [6.45, 7) is 2.23. The fourth-order valence-corrected chi connectivity index (χ4v) is 3.08. The summed E-state index contributed by atoms with van der Waals surface area (Å²) in [5, 5.41) is 0. The van der Waals surface area contributed by atoms with Crippen molar-refractivity contribution in [3.63, 3.8) is 0 Å². The second-order valence-corrected chi connectivity index (χ2v) is 6.67. The van der Waals surface area contributed by atoms with E-state index in [1.54, 1.807) is 25.1 Å². The van der Waals surface area contributed by atoms with Crippen LogP contribution in [0.2, 0.25) is 0 Å². The Morgan fingerprint density at radius 2 is 1.86 bits per heavy atom. The lowest BCUT2D eigenvalue weighted by Gasteiger charge is -2.42. The Balaban J connectivity index is 1.35. The quantitative estimate of drug-likeness (QED) is 0.801. The van der Waals surface area contributed by atoms with Crippen LogP contribution in [0.5, 0.6) is 17.4 Å². The van der Waals surface area contributed by atoms with E-state index < -0.39 is 30.1 Å². The number of alkyl halides is 3. The topological polar surface area (TPSA) is 60.9 Å². The molecule has 1 amide bonds. The first kappa shape index (κ1) is 18.4. The van der Waals surface area contributed by atoms with Crippen molar-refractivity contribution >= 4 is 5.91 Å². The van der Waals surface area contributed by atoms with Gasteiger partial charge in [-0.15, -0.1) is 0 Å². The number of para-hydroxylation sites is 2. The molecule has 1 aromatic carbocycles. The molecule has 3 heterocycles. The number of nitrogens with zero attached hydrogens (tertiary/aromatic N) is 2. The zero-order chi connectivity index (χ0) is 19.9. The van der Waals surface area contributed by atoms with E-state index >= 15 is 0 Å². The molecule has 2 aliphatic heterocycles. The Hall–Kier alpha value is -2.97. The summed E-state index contributed by atoms with van der Waals surface area (Å²) in [6, 6.07) is 8.82. The number of fused-ring (bicyclic) bond motifs is 1. The minimum absolute atomic E-state index is 0.119. The van der Waals surface area contributed by atoms with Gasteiger partial charge in [0.2, 0.25) is 12.0 Å². The van der Waals surface area contributed by atoms with E-state index in [4.69, 9.17) is 14.2 Å². The molecule has 0 bridgehead atoms. The first-order chi connectivity index (χ1) is 13.3. The summed E-state index contributed by atoms with van der Waals surface area (Å²) in [6.07, 6.45) is -5.10. The fraction of sp³-hybridized carbons (Fsp3) is 0.368. The van der Waals surface area contributed by atoms with Crippen LogP contribution < -0.4 is 14.2 Å². The number of pyridine rings is 1. The van der Waals surface area contributed by atoms with Gasteiger partial charge in [-0.2, -0.15) is 13.2 Å². The van der Waals surface area contributed by atoms with E-state index in [1.165, 1.54) is 4.90 Å². The van der Waals surface area contributed by atoms with Crippen molar-refractivity contribution in [2.24, 2.45) is 0 Å². The lowest BCUT2D eigenvalue weighted by atomic mass is 10.1. The minimum Gasteiger partial charge on any atom is -0.482 e. The van der Waals surface area contributed by atoms with Gasteiger partial charge in [-0.25, -0.2) is 4.98 Å². The lowest BCUT2D eigenvalue weighted by Crippen LogP contribution is -2.61. The molecule has 1 fully saturated rings. The van der Waals surface area contributed by atoms with E-state index in [-0.39, 0.29) is 24.9 Å². The van der Waals surface area contributed by atoms with Gasteiger partial charge >= 0.3 is 6.18 Å². The molecule has 0 saturated carbocycles. The van der Waals surface area contributed by atoms with Crippen LogP contribution in [0.3, 0.4) is 0 Å². The molecule has 9 heteroatoms. The highest BCUT2D eigenvalue weighted by Crippen LogP contribution is 2.35. The molecule has 0 radical (unpaired) electrons. The zero-order valence-corrected chi connectivity index (χ0v) is 14.8. The van der Waals surface area contributed by atoms with Gasteiger partial charge < -0.3 is 19.1 Å². The molecule has 2 atom stereocenters. The number of rotatable bonds is 3. The third-order valence-electron chi connectivity index (χ3n) is 4.59. The van der Waals surface area contributed by atoms with Gasteiger partial charge in [0.1, 0.15) is 12.2 Å². The van der Waals surface area contributed by atoms with E-state index in [0.29, 0.717) is 11.5 Å². The maximum atomic E-state index is 12.8. The molecule has 4 rings (SSSR count). The molecule has 2 aromatic rings. The molecule has 1 saturated heterocycles. The molecule has 148 valence electrons. The number of hydrogen-bond donors (Lipinski definition) is 0. The van der Waals surface area contributed by atoms with Crippen molar-refractivity contribution < 1.29 is 32.2 Å². The third kappa shape index (κ3) is 3.56. The van der Waals surface area contributed by atoms with Crippen LogP contribution >= 0.6 is 0 Å². The van der Waals surface area contributed by atoms with Crippen LogP contribution in [0.1, 0.15) is 12.5 Å². The molecule has 6 nitrogen and oxygen atoms in total. The van der Waals surface area contributed by atoms with Gasteiger partial charge in [-0.1, -0.05) is 12.1 Å². The van der Waals surface area contributed by atoms with Gasteiger partial charge in [0, 0.05) is 12.3 Å². The predicted octanol–water partition coefficient (Wildman–Crippen LogP) is 2.92. The number of likely N-dealkylation sites (tertiary alicyclic amines) is 1. The van der Waals surface area contributed by atoms with Gasteiger partial charge in [-0.05, 0) is 25.1 Å². The first-order valence-electron chi connectivity index (χ1n) is 8.72. The van der Waals surface area contributed by atoms with Gasteiger partial charge in [0.15, 0.2) is 11.5 Å². The summed E-state index contributed by atoms with van der Waals surface area (Å²) in [7, 11) is 0. The fourth-order valence-electron chi connectivity index (χ4n) is 3.08. The number of carbonyl (C=O) groups is 1. The molecule has 28 heavy (non-hydrogen) atoms. The van der Waals surface area contributed by atoms with E-state index in [1.807, 2.05) is 6.07 Å². The Kier molecular flexibility index (Phi) is 4.52. The number of carbonyl (C=O) groups excluding carboxylic acids is 1. The minimum atomic E-state index is -4.46. The molecule has 1 aromatic heterocycles. The molecule has 0 N–H and O–H groups in total. The monoisotopic (exact) mass is 394 g/mol. The lowest BCUT2D eigenvalue weighted by molar-refractivity contribution is -0.153. The highest BCUT2D eigenvalue weighted by molar-refractivity contribution is 5.83. The first-order valence-corrected chi connectivity index (χ1v) is 8.72. The number of hydrogen-bond acceptors (Lipinski definition) is 5. The average Bonchev–Trinajstić information content (AvgIpc) is 2.63. The van der Waals surface area contributed by atoms with Gasteiger partial charge in [0.25, 0.3) is 5.91 Å². The maximum Gasteiger partial charge on any atom is 0.416 e. The van der Waals surface area contributed by atoms with Crippen molar-refractivity contribution in [1.29, 1.82) is 0 Å². The summed E-state index contributed by atoms with van der Waals surface area (Å²) < 4.78 is 55.2. The van der Waals surface area contributed by atoms with Crippen molar-refractivity contribution in [2.75, 3.05) is 13.1 Å². The molecular formula is C19H17F3N2O4. The summed E-state index contributed by atoms with van der Waals surface area (Å²) in [4.78, 5) is 18.0. The zero-order valence-electron chi connectivity index (χ0n) is 14.8. The Morgan fingerprint density at radius 3 is 2.54 bits per heavy atom. The van der Waals surface area contributed by atoms with Crippen LogP contribution in [0.15, 0.2) is 42.6 Å². The number of amides is 1. The smallest absolute Gasteiger partial charge is 0.416 e. The Bertz CT molecular complexity index is 883. The molecular weight excluding hydrogens is 377 g/mol. The van der Waals surface area contributed by atoms with Crippen molar-refractivity contribution in [1.82, 2.24) is 9.88 Å². The van der Waals surface area contributed by atoms with Crippen LogP contribution in [0.25, 0.3) is 0 Å². The van der Waals surface area contributed by atoms with Crippen molar-refractivity contribution in [2.45, 2.75) is 31.4 Å². The largest absolute Gasteiger partial charge is 0.482 e. The second-order valence-electron chi connectivity index (χ2n) is 6.67. The van der Waals surface area contributed by atoms with Crippen molar-refractivity contribution in [3.05, 3.63) is 48.2 Å². The standard InChI is InChI=1S/C19H17F3N2O4/c1-11-17(28-15-5-3-2-4-14(15)26-11)18(25)24-9-13(10-24)27-16-8-12(6-7-23-16)19(20,21)22/h2-8,11,13,17H,9-10H2,1H3. The Labute approximate surface area is 158 Å². The highest BCUT2D eigenvalue weighted by Gasteiger charge is 2.42. The Morgan fingerprint density at radius 1 is 1.18 bits per heavy atom. The van der Waals surface area contributed by atoms with Crippen LogP contribution in [-0.2, 0) is 11.0 Å². The summed E-state index contributed by atoms with van der Waals surface area (Å²) >= 11 is 0. The van der Waals surface area contributed by atoms with Crippen molar-refractivity contribution in [3.8, 4) is 17.4 Å². The number of benzene rings is 1. The average molecular weight is 394 g/mol. The SMILES string of the molecule is CC1Oc2ccccc2OC1C(=O)N1CC(Oc2cc(C(F)(F)F)ccn2)C1. The number of aromatic nitrogens is 1. The summed E-state index contributed by atoms with van der Waals surface area (Å²) in [5.74, 6) is 0.713. The van der Waals surface area contributed by atoms with Crippen LogP contribution in [0.4, 0.5) is 13.2 Å². The van der Waals surface area contributed by atoms with E-state index in [9.17, 15) is 18.0 Å². The number of ether oxygens (including phenoxy) is 3. The molecule has 2 aliphatic rings. The molecule has 0 aliphatic carbocycles.